The van der Waals surface area contributed by atoms with Crippen molar-refractivity contribution in [2.75, 3.05) is 6.54 Å². The zero-order valence-electron chi connectivity index (χ0n) is 12.1. The maximum Gasteiger partial charge on any atom is 0.243 e. The minimum absolute atomic E-state index is 0.111. The molecule has 0 spiro atoms. The summed E-state index contributed by atoms with van der Waals surface area (Å²) in [6, 6.07) is 8.72. The summed E-state index contributed by atoms with van der Waals surface area (Å²) >= 11 is 0. The van der Waals surface area contributed by atoms with Crippen molar-refractivity contribution in [3.63, 3.8) is 0 Å². The third kappa shape index (κ3) is 2.48. The predicted molar refractivity (Wildman–Crippen MR) is 77.6 cm³/mol. The van der Waals surface area contributed by atoms with E-state index in [2.05, 4.69) is 53.6 Å². The Hall–Kier alpha value is -1.68. The van der Waals surface area contributed by atoms with E-state index >= 15 is 0 Å². The lowest BCUT2D eigenvalue weighted by atomic mass is 9.82. The van der Waals surface area contributed by atoms with Crippen molar-refractivity contribution >= 4 is 0 Å². The minimum Gasteiger partial charge on any atom is -0.338 e. The van der Waals surface area contributed by atoms with Crippen LogP contribution in [0.25, 0.3) is 0 Å². The van der Waals surface area contributed by atoms with Gasteiger partial charge in [0.1, 0.15) is 0 Å². The van der Waals surface area contributed by atoms with Crippen LogP contribution in [0, 0.1) is 0 Å². The Balaban J connectivity index is 1.87. The molecule has 1 aromatic heterocycles. The molecule has 2 aromatic rings. The monoisotopic (exact) mass is 271 g/mol. The molecule has 2 atom stereocenters. The van der Waals surface area contributed by atoms with E-state index in [4.69, 9.17) is 4.52 Å². The van der Waals surface area contributed by atoms with Gasteiger partial charge >= 0.3 is 0 Å². The van der Waals surface area contributed by atoms with E-state index in [1.54, 1.807) is 0 Å². The van der Waals surface area contributed by atoms with Gasteiger partial charge in [-0.3, -0.25) is 0 Å². The molecule has 20 heavy (non-hydrogen) atoms. The molecule has 3 rings (SSSR count). The van der Waals surface area contributed by atoms with Gasteiger partial charge in [0.25, 0.3) is 0 Å². The van der Waals surface area contributed by atoms with Crippen LogP contribution in [-0.2, 0) is 6.42 Å². The average molecular weight is 271 g/mol. The van der Waals surface area contributed by atoms with Crippen molar-refractivity contribution in [3.05, 3.63) is 47.1 Å². The molecular formula is C16H21N3O. The molecule has 0 amide bonds. The maximum atomic E-state index is 5.42. The highest BCUT2D eigenvalue weighted by Gasteiger charge is 2.26. The van der Waals surface area contributed by atoms with Gasteiger partial charge in [0.05, 0.1) is 6.04 Å². The molecule has 0 saturated carbocycles. The van der Waals surface area contributed by atoms with Gasteiger partial charge in [0.2, 0.25) is 5.89 Å². The number of rotatable bonds is 4. The molecule has 1 N–H and O–H groups in total. The Morgan fingerprint density at radius 3 is 3.10 bits per heavy atom. The van der Waals surface area contributed by atoms with Gasteiger partial charge in [-0.25, -0.2) is 0 Å². The molecular weight excluding hydrogens is 250 g/mol. The second-order valence-corrected chi connectivity index (χ2v) is 5.41. The number of fused-ring (bicyclic) bond motifs is 1. The summed E-state index contributed by atoms with van der Waals surface area (Å²) in [7, 11) is 0. The number of hydrogen-bond acceptors (Lipinski definition) is 4. The van der Waals surface area contributed by atoms with Crippen molar-refractivity contribution < 1.29 is 4.52 Å². The van der Waals surface area contributed by atoms with E-state index in [1.807, 2.05) is 0 Å². The molecule has 106 valence electrons. The first kappa shape index (κ1) is 13.3. The van der Waals surface area contributed by atoms with Crippen molar-refractivity contribution in [3.8, 4) is 0 Å². The molecule has 4 nitrogen and oxygen atoms in total. The lowest BCUT2D eigenvalue weighted by Gasteiger charge is -2.22. The van der Waals surface area contributed by atoms with Crippen LogP contribution in [0.4, 0.5) is 0 Å². The van der Waals surface area contributed by atoms with Crippen LogP contribution in [0.1, 0.15) is 61.5 Å². The molecule has 0 fully saturated rings. The Bertz CT molecular complexity index is 579. The summed E-state index contributed by atoms with van der Waals surface area (Å²) in [5, 5.41) is 7.52. The van der Waals surface area contributed by atoms with Crippen molar-refractivity contribution in [2.24, 2.45) is 0 Å². The highest BCUT2D eigenvalue weighted by atomic mass is 16.5. The Morgan fingerprint density at radius 2 is 2.25 bits per heavy atom. The van der Waals surface area contributed by atoms with Gasteiger partial charge < -0.3 is 9.84 Å². The predicted octanol–water partition coefficient (Wildman–Crippen LogP) is 3.21. The third-order valence-electron chi connectivity index (χ3n) is 4.02. The molecule has 0 aliphatic heterocycles. The van der Waals surface area contributed by atoms with Gasteiger partial charge in [-0.05, 0) is 43.9 Å². The Morgan fingerprint density at radius 1 is 1.40 bits per heavy atom. The van der Waals surface area contributed by atoms with Crippen molar-refractivity contribution in [1.82, 2.24) is 15.5 Å². The molecule has 0 bridgehead atoms. The quantitative estimate of drug-likeness (QED) is 0.927. The summed E-state index contributed by atoms with van der Waals surface area (Å²) in [5.41, 5.74) is 2.79. The summed E-state index contributed by atoms with van der Waals surface area (Å²) in [4.78, 5) is 4.61. The number of benzene rings is 1. The zero-order valence-corrected chi connectivity index (χ0v) is 12.1. The molecule has 0 radical (unpaired) electrons. The van der Waals surface area contributed by atoms with Crippen LogP contribution in [0.2, 0.25) is 0 Å². The maximum absolute atomic E-state index is 5.42. The van der Waals surface area contributed by atoms with E-state index in [1.165, 1.54) is 17.5 Å². The minimum atomic E-state index is 0.111. The van der Waals surface area contributed by atoms with Gasteiger partial charge in [-0.2, -0.15) is 4.98 Å². The van der Waals surface area contributed by atoms with E-state index in [0.717, 1.165) is 25.2 Å². The first-order chi connectivity index (χ1) is 9.79. The van der Waals surface area contributed by atoms with Crippen molar-refractivity contribution in [1.29, 1.82) is 0 Å². The van der Waals surface area contributed by atoms with Crippen LogP contribution < -0.4 is 5.32 Å². The first-order valence-electron chi connectivity index (χ1n) is 7.44. The van der Waals surface area contributed by atoms with E-state index in [-0.39, 0.29) is 12.0 Å². The molecule has 1 aliphatic carbocycles. The Kier molecular flexibility index (Phi) is 3.83. The molecule has 1 aromatic carbocycles. The van der Waals surface area contributed by atoms with Crippen LogP contribution in [-0.4, -0.2) is 16.7 Å². The lowest BCUT2D eigenvalue weighted by molar-refractivity contribution is 0.336. The SMILES string of the molecule is CCNC(C)c1nc(C2CCCc3ccccc32)no1. The largest absolute Gasteiger partial charge is 0.338 e. The molecule has 1 aliphatic rings. The van der Waals surface area contributed by atoms with Gasteiger partial charge in [0.15, 0.2) is 5.82 Å². The number of aryl methyl sites for hydroxylation is 1. The van der Waals surface area contributed by atoms with Gasteiger partial charge in [0, 0.05) is 5.92 Å². The van der Waals surface area contributed by atoms with Gasteiger partial charge in [-0.15, -0.1) is 0 Å². The normalized spacial score (nSPS) is 19.6. The second-order valence-electron chi connectivity index (χ2n) is 5.41. The fourth-order valence-electron chi connectivity index (χ4n) is 2.98. The topological polar surface area (TPSA) is 51.0 Å². The molecule has 0 saturated heterocycles. The standard InChI is InChI=1S/C16H21N3O/c1-3-17-11(2)16-18-15(19-20-16)14-10-6-8-12-7-4-5-9-13(12)14/h4-5,7,9,11,14,17H,3,6,8,10H2,1-2H3. The lowest BCUT2D eigenvalue weighted by Crippen LogP contribution is -2.18. The summed E-state index contributed by atoms with van der Waals surface area (Å²) in [5.74, 6) is 1.80. The fourth-order valence-corrected chi connectivity index (χ4v) is 2.98. The van der Waals surface area contributed by atoms with Gasteiger partial charge in [-0.1, -0.05) is 36.3 Å². The van der Waals surface area contributed by atoms with E-state index < -0.39 is 0 Å². The Labute approximate surface area is 119 Å². The zero-order chi connectivity index (χ0) is 13.9. The molecule has 1 heterocycles. The van der Waals surface area contributed by atoms with E-state index in [0.29, 0.717) is 5.89 Å². The molecule has 4 heteroatoms. The average Bonchev–Trinajstić information content (AvgIpc) is 2.97. The highest BCUT2D eigenvalue weighted by molar-refractivity contribution is 5.36. The number of nitrogens with zero attached hydrogens (tertiary/aromatic N) is 2. The van der Waals surface area contributed by atoms with Crippen LogP contribution in [0.5, 0.6) is 0 Å². The smallest absolute Gasteiger partial charge is 0.243 e. The highest BCUT2D eigenvalue weighted by Crippen LogP contribution is 2.35. The van der Waals surface area contributed by atoms with E-state index in [9.17, 15) is 0 Å². The first-order valence-corrected chi connectivity index (χ1v) is 7.44. The number of aromatic nitrogens is 2. The van der Waals surface area contributed by atoms with Crippen molar-refractivity contribution in [2.45, 2.75) is 45.1 Å². The van der Waals surface area contributed by atoms with Crippen LogP contribution in [0.15, 0.2) is 28.8 Å². The summed E-state index contributed by atoms with van der Waals surface area (Å²) in [6.45, 7) is 5.02. The van der Waals surface area contributed by atoms with Crippen LogP contribution >= 0.6 is 0 Å². The second kappa shape index (κ2) is 5.75. The fraction of sp³-hybridized carbons (Fsp3) is 0.500. The number of nitrogens with one attached hydrogen (secondary N) is 1. The summed E-state index contributed by atoms with van der Waals surface area (Å²) in [6.07, 6.45) is 3.45. The third-order valence-corrected chi connectivity index (χ3v) is 4.02. The number of hydrogen-bond donors (Lipinski definition) is 1. The summed E-state index contributed by atoms with van der Waals surface area (Å²) < 4.78 is 5.42. The van der Waals surface area contributed by atoms with Crippen LogP contribution in [0.3, 0.4) is 0 Å². The molecule has 2 unspecified atom stereocenters.